The van der Waals surface area contributed by atoms with Crippen LogP contribution in [0.15, 0.2) is 18.3 Å². The molecule has 100 valence electrons. The Balaban J connectivity index is 2.11. The largest absolute Gasteiger partial charge is 0.373 e. The van der Waals surface area contributed by atoms with E-state index in [1.165, 1.54) is 37.9 Å². The fraction of sp³-hybridized carbons (Fsp3) is 0.667. The molecule has 18 heavy (non-hydrogen) atoms. The van der Waals surface area contributed by atoms with Crippen LogP contribution >= 0.6 is 0 Å². The zero-order valence-electron chi connectivity index (χ0n) is 11.8. The lowest BCUT2D eigenvalue weighted by Crippen LogP contribution is -2.36. The third-order valence-electron chi connectivity index (χ3n) is 3.64. The molecule has 1 aromatic rings. The van der Waals surface area contributed by atoms with Crippen molar-refractivity contribution in [3.63, 3.8) is 0 Å². The van der Waals surface area contributed by atoms with Crippen LogP contribution in [0.25, 0.3) is 0 Å². The zero-order valence-corrected chi connectivity index (χ0v) is 11.8. The summed E-state index contributed by atoms with van der Waals surface area (Å²) in [6, 6.07) is 4.87. The van der Waals surface area contributed by atoms with Gasteiger partial charge in [-0.3, -0.25) is 4.90 Å². The van der Waals surface area contributed by atoms with Gasteiger partial charge < -0.3 is 5.32 Å². The summed E-state index contributed by atoms with van der Waals surface area (Å²) in [4.78, 5) is 7.08. The van der Waals surface area contributed by atoms with Crippen LogP contribution in [0.3, 0.4) is 0 Å². The van der Waals surface area contributed by atoms with Gasteiger partial charge in [0.05, 0.1) is 0 Å². The predicted molar refractivity (Wildman–Crippen MR) is 76.8 cm³/mol. The Bertz CT molecular complexity index is 359. The lowest BCUT2D eigenvalue weighted by atomic mass is 9.95. The lowest BCUT2D eigenvalue weighted by Gasteiger charge is -2.37. The molecule has 1 atom stereocenters. The van der Waals surface area contributed by atoms with Crippen LogP contribution in [0.4, 0.5) is 5.82 Å². The molecule has 0 aromatic carbocycles. The van der Waals surface area contributed by atoms with E-state index in [4.69, 9.17) is 0 Å². The minimum absolute atomic E-state index is 0.569. The number of piperidine rings is 1. The number of rotatable bonds is 4. The van der Waals surface area contributed by atoms with Crippen molar-refractivity contribution in [1.29, 1.82) is 0 Å². The maximum absolute atomic E-state index is 4.45. The third kappa shape index (κ3) is 3.22. The highest BCUT2D eigenvalue weighted by molar-refractivity contribution is 5.35. The Morgan fingerprint density at radius 3 is 2.83 bits per heavy atom. The molecule has 1 aliphatic rings. The Morgan fingerprint density at radius 1 is 1.39 bits per heavy atom. The number of aromatic nitrogens is 1. The molecule has 1 saturated heterocycles. The second-order valence-electron chi connectivity index (χ2n) is 5.63. The molecule has 0 saturated carbocycles. The number of hydrogen-bond donors (Lipinski definition) is 1. The highest BCUT2D eigenvalue weighted by atomic mass is 15.2. The summed E-state index contributed by atoms with van der Waals surface area (Å²) in [5.41, 5.74) is 1.37. The SMILES string of the molecule is CNc1ccc(C2CCCCN2CC(C)C)cn1. The summed E-state index contributed by atoms with van der Waals surface area (Å²) >= 11 is 0. The van der Waals surface area contributed by atoms with Crippen LogP contribution in [0.1, 0.15) is 44.7 Å². The molecule has 0 spiro atoms. The van der Waals surface area contributed by atoms with Crippen LogP contribution in [-0.4, -0.2) is 30.0 Å². The van der Waals surface area contributed by atoms with Gasteiger partial charge in [-0.15, -0.1) is 0 Å². The first-order valence-corrected chi connectivity index (χ1v) is 7.08. The van der Waals surface area contributed by atoms with Crippen molar-refractivity contribution < 1.29 is 0 Å². The van der Waals surface area contributed by atoms with Gasteiger partial charge in [0.2, 0.25) is 0 Å². The average Bonchev–Trinajstić information content (AvgIpc) is 2.39. The van der Waals surface area contributed by atoms with Gasteiger partial charge in [0, 0.05) is 25.8 Å². The highest BCUT2D eigenvalue weighted by Crippen LogP contribution is 2.31. The van der Waals surface area contributed by atoms with Gasteiger partial charge in [-0.05, 0) is 36.9 Å². The maximum Gasteiger partial charge on any atom is 0.125 e. The Morgan fingerprint density at radius 2 is 2.22 bits per heavy atom. The molecule has 1 aromatic heterocycles. The van der Waals surface area contributed by atoms with E-state index in [0.29, 0.717) is 6.04 Å². The number of anilines is 1. The van der Waals surface area contributed by atoms with E-state index < -0.39 is 0 Å². The van der Waals surface area contributed by atoms with E-state index in [9.17, 15) is 0 Å². The quantitative estimate of drug-likeness (QED) is 0.884. The third-order valence-corrected chi connectivity index (χ3v) is 3.64. The number of nitrogens with zero attached hydrogens (tertiary/aromatic N) is 2. The van der Waals surface area contributed by atoms with Gasteiger partial charge in [-0.25, -0.2) is 4.98 Å². The van der Waals surface area contributed by atoms with E-state index in [0.717, 1.165) is 11.7 Å². The molecule has 0 amide bonds. The molecule has 1 aliphatic heterocycles. The highest BCUT2D eigenvalue weighted by Gasteiger charge is 2.24. The van der Waals surface area contributed by atoms with Gasteiger partial charge in [0.15, 0.2) is 0 Å². The molecule has 2 heterocycles. The monoisotopic (exact) mass is 247 g/mol. The smallest absolute Gasteiger partial charge is 0.125 e. The molecule has 0 bridgehead atoms. The standard InChI is InChI=1S/C15H25N3/c1-12(2)11-18-9-5-4-6-14(18)13-7-8-15(16-3)17-10-13/h7-8,10,12,14H,4-6,9,11H2,1-3H3,(H,16,17). The predicted octanol–water partition coefficient (Wildman–Crippen LogP) is 3.31. The summed E-state index contributed by atoms with van der Waals surface area (Å²) in [5, 5.41) is 3.08. The van der Waals surface area contributed by atoms with E-state index in [1.54, 1.807) is 0 Å². The molecule has 1 N–H and O–H groups in total. The van der Waals surface area contributed by atoms with Crippen molar-refractivity contribution in [3.8, 4) is 0 Å². The Kier molecular flexibility index (Phi) is 4.59. The summed E-state index contributed by atoms with van der Waals surface area (Å²) in [6.07, 6.45) is 5.99. The Labute approximate surface area is 111 Å². The van der Waals surface area contributed by atoms with E-state index >= 15 is 0 Å². The summed E-state index contributed by atoms with van der Waals surface area (Å²) in [7, 11) is 1.91. The molecule has 1 fully saturated rings. The molecule has 1 unspecified atom stereocenters. The number of hydrogen-bond acceptors (Lipinski definition) is 3. The van der Waals surface area contributed by atoms with Crippen LogP contribution < -0.4 is 5.32 Å². The summed E-state index contributed by atoms with van der Waals surface area (Å²) < 4.78 is 0. The van der Waals surface area contributed by atoms with E-state index in [2.05, 4.69) is 41.2 Å². The topological polar surface area (TPSA) is 28.2 Å². The van der Waals surface area contributed by atoms with Gasteiger partial charge >= 0.3 is 0 Å². The van der Waals surface area contributed by atoms with Crippen molar-refractivity contribution in [2.24, 2.45) is 5.92 Å². The number of nitrogens with one attached hydrogen (secondary N) is 1. The number of likely N-dealkylation sites (tertiary alicyclic amines) is 1. The van der Waals surface area contributed by atoms with Crippen LogP contribution in [0.5, 0.6) is 0 Å². The van der Waals surface area contributed by atoms with Crippen LogP contribution in [-0.2, 0) is 0 Å². The Hall–Kier alpha value is -1.09. The lowest BCUT2D eigenvalue weighted by molar-refractivity contribution is 0.132. The molecular formula is C15H25N3. The maximum atomic E-state index is 4.45. The van der Waals surface area contributed by atoms with Crippen molar-refractivity contribution in [2.75, 3.05) is 25.5 Å². The van der Waals surface area contributed by atoms with Gasteiger partial charge in [0.1, 0.15) is 5.82 Å². The summed E-state index contributed by atoms with van der Waals surface area (Å²) in [5.74, 6) is 1.68. The second-order valence-corrected chi connectivity index (χ2v) is 5.63. The average molecular weight is 247 g/mol. The second kappa shape index (κ2) is 6.19. The van der Waals surface area contributed by atoms with Crippen molar-refractivity contribution in [1.82, 2.24) is 9.88 Å². The van der Waals surface area contributed by atoms with Gasteiger partial charge in [-0.1, -0.05) is 26.3 Å². The van der Waals surface area contributed by atoms with E-state index in [-0.39, 0.29) is 0 Å². The normalized spacial score (nSPS) is 21.2. The zero-order chi connectivity index (χ0) is 13.0. The fourth-order valence-electron chi connectivity index (χ4n) is 2.81. The van der Waals surface area contributed by atoms with Crippen molar-refractivity contribution >= 4 is 5.82 Å². The van der Waals surface area contributed by atoms with Gasteiger partial charge in [0.25, 0.3) is 0 Å². The van der Waals surface area contributed by atoms with Crippen LogP contribution in [0, 0.1) is 5.92 Å². The first-order chi connectivity index (χ1) is 8.70. The molecule has 3 heteroatoms. The first-order valence-electron chi connectivity index (χ1n) is 7.08. The minimum Gasteiger partial charge on any atom is -0.373 e. The van der Waals surface area contributed by atoms with Crippen molar-refractivity contribution in [3.05, 3.63) is 23.9 Å². The van der Waals surface area contributed by atoms with Crippen LogP contribution in [0.2, 0.25) is 0 Å². The molecule has 3 nitrogen and oxygen atoms in total. The number of pyridine rings is 1. The van der Waals surface area contributed by atoms with E-state index in [1.807, 2.05) is 13.2 Å². The summed E-state index contributed by atoms with van der Waals surface area (Å²) in [6.45, 7) is 7.02. The minimum atomic E-state index is 0.569. The first kappa shape index (κ1) is 13.3. The molecule has 0 aliphatic carbocycles. The van der Waals surface area contributed by atoms with Crippen molar-refractivity contribution in [2.45, 2.75) is 39.2 Å². The fourth-order valence-corrected chi connectivity index (χ4v) is 2.81. The molecular weight excluding hydrogens is 222 g/mol. The molecule has 2 rings (SSSR count). The van der Waals surface area contributed by atoms with Gasteiger partial charge in [-0.2, -0.15) is 0 Å². The molecule has 0 radical (unpaired) electrons.